The predicted molar refractivity (Wildman–Crippen MR) is 101 cm³/mol. The highest BCUT2D eigenvalue weighted by Gasteiger charge is 2.43. The van der Waals surface area contributed by atoms with E-state index in [1.165, 1.54) is 17.0 Å². The van der Waals surface area contributed by atoms with E-state index in [-0.39, 0.29) is 37.0 Å². The fourth-order valence-corrected chi connectivity index (χ4v) is 3.36. The van der Waals surface area contributed by atoms with Gasteiger partial charge < -0.3 is 20.1 Å². The Hall–Kier alpha value is -2.56. The van der Waals surface area contributed by atoms with Crippen molar-refractivity contribution in [3.8, 4) is 11.5 Å². The van der Waals surface area contributed by atoms with E-state index in [0.717, 1.165) is 12.1 Å². The first-order chi connectivity index (χ1) is 13.7. The van der Waals surface area contributed by atoms with Crippen molar-refractivity contribution in [2.24, 2.45) is 0 Å². The average Bonchev–Trinajstić information content (AvgIpc) is 2.68. The molecule has 0 radical (unpaired) electrons. The van der Waals surface area contributed by atoms with E-state index in [2.05, 4.69) is 5.32 Å². The molecule has 0 saturated carbocycles. The second kappa shape index (κ2) is 8.44. The number of aliphatic hydroxyl groups excluding tert-OH is 1. The number of piperazine rings is 1. The van der Waals surface area contributed by atoms with Gasteiger partial charge in [-0.1, -0.05) is 23.7 Å². The third-order valence-corrected chi connectivity index (χ3v) is 4.76. The summed E-state index contributed by atoms with van der Waals surface area (Å²) in [5.74, 6) is -0.599. The van der Waals surface area contributed by atoms with Crippen LogP contribution in [-0.2, 0) is 6.18 Å². The number of rotatable bonds is 5. The van der Waals surface area contributed by atoms with Crippen LogP contribution in [0, 0.1) is 10.1 Å². The van der Waals surface area contributed by atoms with Crippen molar-refractivity contribution in [3.05, 3.63) is 57.1 Å². The lowest BCUT2D eigenvalue weighted by atomic mass is 10.1. The highest BCUT2D eigenvalue weighted by Crippen LogP contribution is 2.48. The molecule has 1 aliphatic rings. The second-order valence-corrected chi connectivity index (χ2v) is 6.78. The van der Waals surface area contributed by atoms with Crippen LogP contribution in [-0.4, -0.2) is 42.3 Å². The molecule has 3 rings (SSSR count). The Morgan fingerprint density at radius 1 is 1.28 bits per heavy atom. The summed E-state index contributed by atoms with van der Waals surface area (Å²) in [6, 6.07) is 7.37. The van der Waals surface area contributed by atoms with E-state index in [1.54, 1.807) is 12.1 Å². The number of hydrogen-bond donors (Lipinski definition) is 2. The number of aliphatic hydroxyl groups is 1. The summed E-state index contributed by atoms with van der Waals surface area (Å²) in [4.78, 5) is 11.9. The van der Waals surface area contributed by atoms with Crippen molar-refractivity contribution < 1.29 is 27.9 Å². The molecule has 1 heterocycles. The van der Waals surface area contributed by atoms with Gasteiger partial charge in [0.1, 0.15) is 22.7 Å². The number of hydrogen-bond acceptors (Lipinski definition) is 6. The number of nitro groups is 1. The Morgan fingerprint density at radius 3 is 2.62 bits per heavy atom. The fourth-order valence-electron chi connectivity index (χ4n) is 3.18. The van der Waals surface area contributed by atoms with Crippen LogP contribution in [0.2, 0.25) is 5.02 Å². The lowest BCUT2D eigenvalue weighted by Gasteiger charge is -2.35. The molecule has 11 heteroatoms. The highest BCUT2D eigenvalue weighted by atomic mass is 35.5. The second-order valence-electron chi connectivity index (χ2n) is 6.37. The van der Waals surface area contributed by atoms with E-state index in [9.17, 15) is 28.4 Å². The van der Waals surface area contributed by atoms with Gasteiger partial charge in [-0.25, -0.2) is 0 Å². The molecule has 1 atom stereocenters. The Morgan fingerprint density at radius 2 is 2.00 bits per heavy atom. The molecule has 0 aliphatic carbocycles. The Labute approximate surface area is 168 Å². The first-order valence-corrected chi connectivity index (χ1v) is 9.00. The molecule has 2 aromatic rings. The molecule has 29 heavy (non-hydrogen) atoms. The minimum absolute atomic E-state index is 0.00647. The first kappa shape index (κ1) is 21.2. The molecular weight excluding hydrogens is 415 g/mol. The molecular formula is C18H17ClF3N3O4. The zero-order valence-corrected chi connectivity index (χ0v) is 15.7. The molecule has 2 N–H and O–H groups in total. The van der Waals surface area contributed by atoms with Crippen molar-refractivity contribution in [1.29, 1.82) is 0 Å². The molecule has 2 aromatic carbocycles. The van der Waals surface area contributed by atoms with Gasteiger partial charge in [-0.3, -0.25) is 10.1 Å². The summed E-state index contributed by atoms with van der Waals surface area (Å²) in [5.41, 5.74) is -2.54. The minimum atomic E-state index is -4.93. The number of para-hydroxylation sites is 1. The van der Waals surface area contributed by atoms with Crippen LogP contribution in [0.25, 0.3) is 0 Å². The molecule has 0 aromatic heterocycles. The van der Waals surface area contributed by atoms with Crippen molar-refractivity contribution in [2.45, 2.75) is 12.2 Å². The summed E-state index contributed by atoms with van der Waals surface area (Å²) >= 11 is 5.99. The molecule has 0 unspecified atom stereocenters. The third kappa shape index (κ3) is 4.55. The van der Waals surface area contributed by atoms with Gasteiger partial charge in [0.15, 0.2) is 0 Å². The largest absolute Gasteiger partial charge is 0.455 e. The van der Waals surface area contributed by atoms with E-state index >= 15 is 0 Å². The van der Waals surface area contributed by atoms with Crippen LogP contribution >= 0.6 is 11.6 Å². The van der Waals surface area contributed by atoms with Crippen LogP contribution in [0.5, 0.6) is 11.5 Å². The average molecular weight is 432 g/mol. The summed E-state index contributed by atoms with van der Waals surface area (Å²) in [5, 5.41) is 23.9. The van der Waals surface area contributed by atoms with Crippen LogP contribution < -0.4 is 15.0 Å². The maximum Gasteiger partial charge on any atom is 0.422 e. The number of anilines is 1. The zero-order valence-electron chi connectivity index (χ0n) is 14.9. The third-order valence-electron chi connectivity index (χ3n) is 4.45. The van der Waals surface area contributed by atoms with Crippen molar-refractivity contribution >= 4 is 23.0 Å². The lowest BCUT2D eigenvalue weighted by molar-refractivity contribution is -0.384. The van der Waals surface area contributed by atoms with Crippen molar-refractivity contribution in [2.75, 3.05) is 31.1 Å². The predicted octanol–water partition coefficient (Wildman–Crippen LogP) is 3.83. The summed E-state index contributed by atoms with van der Waals surface area (Å²) in [6.45, 7) is 0.00265. The van der Waals surface area contributed by atoms with Crippen molar-refractivity contribution in [1.82, 2.24) is 5.32 Å². The number of ether oxygens (including phenoxy) is 1. The van der Waals surface area contributed by atoms with E-state index in [1.807, 2.05) is 0 Å². The maximum atomic E-state index is 14.1. The number of nitro benzene ring substituents is 1. The lowest BCUT2D eigenvalue weighted by Crippen LogP contribution is -2.52. The van der Waals surface area contributed by atoms with Gasteiger partial charge in [-0.15, -0.1) is 0 Å². The van der Waals surface area contributed by atoms with Crippen LogP contribution in [0.4, 0.5) is 24.5 Å². The van der Waals surface area contributed by atoms with Crippen molar-refractivity contribution in [3.63, 3.8) is 0 Å². The Balaban J connectivity index is 2.18. The Kier molecular flexibility index (Phi) is 6.15. The quantitative estimate of drug-likeness (QED) is 0.552. The molecule has 156 valence electrons. The summed E-state index contributed by atoms with van der Waals surface area (Å²) < 4.78 is 47.6. The first-order valence-electron chi connectivity index (χ1n) is 8.62. The van der Waals surface area contributed by atoms with Gasteiger partial charge in [-0.05, 0) is 18.2 Å². The number of halogens is 4. The minimum Gasteiger partial charge on any atom is -0.455 e. The zero-order chi connectivity index (χ0) is 21.2. The standard InChI is InChI=1S/C18H17ClF3N3O4/c19-12-3-1-2-4-14(12)29-15-6-5-13(25(27)28)17(16(15)18(20,21)22)24-8-7-23-11(9-24)10-26/h1-6,11,23,26H,7-10H2/t11-/m1/s1. The van der Waals surface area contributed by atoms with E-state index in [0.29, 0.717) is 0 Å². The van der Waals surface area contributed by atoms with Crippen LogP contribution in [0.15, 0.2) is 36.4 Å². The molecule has 7 nitrogen and oxygen atoms in total. The molecule has 0 bridgehead atoms. The Bertz CT molecular complexity index is 910. The highest BCUT2D eigenvalue weighted by molar-refractivity contribution is 6.32. The van der Waals surface area contributed by atoms with Gasteiger partial charge in [0.05, 0.1) is 16.6 Å². The SMILES string of the molecule is O=[N+]([O-])c1ccc(Oc2ccccc2Cl)c(C(F)(F)F)c1N1CCN[C@@H](CO)C1. The number of nitrogens with one attached hydrogen (secondary N) is 1. The molecule has 1 saturated heterocycles. The normalized spacial score (nSPS) is 17.3. The summed E-state index contributed by atoms with van der Waals surface area (Å²) in [6.07, 6.45) is -4.93. The molecule has 0 spiro atoms. The van der Waals surface area contributed by atoms with E-state index in [4.69, 9.17) is 16.3 Å². The van der Waals surface area contributed by atoms with Gasteiger partial charge in [0.2, 0.25) is 0 Å². The fraction of sp³-hybridized carbons (Fsp3) is 0.333. The van der Waals surface area contributed by atoms with Gasteiger partial charge in [0.25, 0.3) is 5.69 Å². The van der Waals surface area contributed by atoms with Gasteiger partial charge in [-0.2, -0.15) is 13.2 Å². The molecule has 1 aliphatic heterocycles. The summed E-state index contributed by atoms with van der Waals surface area (Å²) in [7, 11) is 0. The van der Waals surface area contributed by atoms with Crippen LogP contribution in [0.3, 0.4) is 0 Å². The van der Waals surface area contributed by atoms with Gasteiger partial charge in [0, 0.05) is 31.7 Å². The van der Waals surface area contributed by atoms with Gasteiger partial charge >= 0.3 is 6.18 Å². The topological polar surface area (TPSA) is 87.9 Å². The van der Waals surface area contributed by atoms with E-state index < -0.39 is 39.8 Å². The van der Waals surface area contributed by atoms with Crippen LogP contribution in [0.1, 0.15) is 5.56 Å². The molecule has 0 amide bonds. The number of benzene rings is 2. The monoisotopic (exact) mass is 431 g/mol. The number of alkyl halides is 3. The molecule has 1 fully saturated rings. The smallest absolute Gasteiger partial charge is 0.422 e. The number of nitrogens with zero attached hydrogens (tertiary/aromatic N) is 2. The maximum absolute atomic E-state index is 14.1.